The van der Waals surface area contributed by atoms with Crippen molar-refractivity contribution in [3.05, 3.63) is 16.1 Å². The van der Waals surface area contributed by atoms with Crippen LogP contribution in [0.3, 0.4) is 0 Å². The number of aromatic nitrogens is 1. The minimum absolute atomic E-state index is 0.491. The first-order valence-electron chi connectivity index (χ1n) is 4.92. The van der Waals surface area contributed by atoms with Gasteiger partial charge in [0.25, 0.3) is 0 Å². The molecule has 0 radical (unpaired) electrons. The molecule has 0 saturated carbocycles. The van der Waals surface area contributed by atoms with Crippen molar-refractivity contribution in [1.29, 1.82) is 0 Å². The Morgan fingerprint density at radius 1 is 1.40 bits per heavy atom. The number of hydrogen-bond donors (Lipinski definition) is 0. The zero-order chi connectivity index (χ0) is 10.9. The molecule has 5 heteroatoms. The molecule has 1 rings (SSSR count). The van der Waals surface area contributed by atoms with Gasteiger partial charge >= 0.3 is 0 Å². The maximum atomic E-state index is 5.66. The predicted octanol–water partition coefficient (Wildman–Crippen LogP) is 2.48. The monoisotopic (exact) mass is 249 g/mol. The summed E-state index contributed by atoms with van der Waals surface area (Å²) in [6.45, 7) is 2.23. The van der Waals surface area contributed by atoms with Gasteiger partial charge in [0.15, 0.2) is 0 Å². The fourth-order valence-corrected chi connectivity index (χ4v) is 2.10. The molecule has 1 aromatic rings. The largest absolute Gasteiger partial charge is 0.385 e. The van der Waals surface area contributed by atoms with Crippen LogP contribution in [0, 0.1) is 0 Å². The Balaban J connectivity index is 2.04. The second-order valence-corrected chi connectivity index (χ2v) is 4.28. The van der Waals surface area contributed by atoms with E-state index in [1.807, 2.05) is 5.38 Å². The van der Waals surface area contributed by atoms with Crippen molar-refractivity contribution >= 4 is 22.9 Å². The number of ether oxygens (including phenoxy) is 2. The quantitative estimate of drug-likeness (QED) is 0.524. The predicted molar refractivity (Wildman–Crippen MR) is 62.7 cm³/mol. The van der Waals surface area contributed by atoms with Gasteiger partial charge in [-0.3, -0.25) is 0 Å². The highest BCUT2D eigenvalue weighted by Crippen LogP contribution is 2.12. The van der Waals surface area contributed by atoms with E-state index in [4.69, 9.17) is 21.1 Å². The van der Waals surface area contributed by atoms with Gasteiger partial charge in [-0.25, -0.2) is 4.98 Å². The van der Waals surface area contributed by atoms with Crippen molar-refractivity contribution in [3.63, 3.8) is 0 Å². The van der Waals surface area contributed by atoms with E-state index in [0.717, 1.165) is 43.4 Å². The van der Waals surface area contributed by atoms with Crippen molar-refractivity contribution in [1.82, 2.24) is 4.98 Å². The molecular formula is C10H16ClNO2S. The van der Waals surface area contributed by atoms with Gasteiger partial charge in [0.2, 0.25) is 0 Å². The van der Waals surface area contributed by atoms with Crippen LogP contribution < -0.4 is 0 Å². The van der Waals surface area contributed by atoms with Gasteiger partial charge in [-0.15, -0.1) is 22.9 Å². The SMILES string of the molecule is COCCCOCCc1nc(CCl)cs1. The van der Waals surface area contributed by atoms with Gasteiger partial charge in [-0.1, -0.05) is 0 Å². The van der Waals surface area contributed by atoms with E-state index in [9.17, 15) is 0 Å². The molecule has 0 aliphatic carbocycles. The van der Waals surface area contributed by atoms with E-state index in [1.165, 1.54) is 0 Å². The van der Waals surface area contributed by atoms with Crippen LogP contribution in [0.2, 0.25) is 0 Å². The summed E-state index contributed by atoms with van der Waals surface area (Å²) in [6, 6.07) is 0. The highest BCUT2D eigenvalue weighted by molar-refractivity contribution is 7.09. The summed E-state index contributed by atoms with van der Waals surface area (Å²) >= 11 is 7.30. The Morgan fingerprint density at radius 2 is 2.27 bits per heavy atom. The van der Waals surface area contributed by atoms with E-state index in [0.29, 0.717) is 5.88 Å². The number of alkyl halides is 1. The standard InChI is InChI=1S/C10H16ClNO2S/c1-13-4-2-5-14-6-3-10-12-9(7-11)8-15-10/h8H,2-7H2,1H3. The lowest BCUT2D eigenvalue weighted by atomic mass is 10.4. The van der Waals surface area contributed by atoms with E-state index in [2.05, 4.69) is 4.98 Å². The molecule has 0 unspecified atom stereocenters. The summed E-state index contributed by atoms with van der Waals surface area (Å²) in [4.78, 5) is 4.34. The van der Waals surface area contributed by atoms with Crippen LogP contribution in [-0.2, 0) is 21.8 Å². The van der Waals surface area contributed by atoms with Crippen LogP contribution in [0.5, 0.6) is 0 Å². The Labute approximate surface area is 99.4 Å². The second-order valence-electron chi connectivity index (χ2n) is 3.07. The summed E-state index contributed by atoms with van der Waals surface area (Å²) in [5, 5.41) is 3.09. The number of rotatable bonds is 8. The highest BCUT2D eigenvalue weighted by Gasteiger charge is 2.00. The van der Waals surface area contributed by atoms with E-state index in [1.54, 1.807) is 18.4 Å². The van der Waals surface area contributed by atoms with E-state index < -0.39 is 0 Å². The molecule has 0 atom stereocenters. The third-order valence-electron chi connectivity index (χ3n) is 1.83. The minimum Gasteiger partial charge on any atom is -0.385 e. The van der Waals surface area contributed by atoms with Crippen molar-refractivity contribution in [2.75, 3.05) is 26.9 Å². The first-order chi connectivity index (χ1) is 7.36. The highest BCUT2D eigenvalue weighted by atomic mass is 35.5. The van der Waals surface area contributed by atoms with Crippen LogP contribution in [0.4, 0.5) is 0 Å². The lowest BCUT2D eigenvalue weighted by Gasteiger charge is -2.01. The molecule has 0 aromatic carbocycles. The Bertz CT molecular complexity index is 268. The second kappa shape index (κ2) is 8.05. The molecule has 1 aromatic heterocycles. The van der Waals surface area contributed by atoms with Gasteiger partial charge in [0, 0.05) is 32.1 Å². The average molecular weight is 250 g/mol. The third-order valence-corrected chi connectivity index (χ3v) is 3.06. The van der Waals surface area contributed by atoms with Gasteiger partial charge in [0.1, 0.15) is 0 Å². The maximum absolute atomic E-state index is 5.66. The first kappa shape index (κ1) is 12.9. The molecule has 0 spiro atoms. The molecule has 86 valence electrons. The van der Waals surface area contributed by atoms with Crippen molar-refractivity contribution < 1.29 is 9.47 Å². The molecular weight excluding hydrogens is 234 g/mol. The van der Waals surface area contributed by atoms with Crippen LogP contribution in [-0.4, -0.2) is 31.9 Å². The third kappa shape index (κ3) is 5.47. The molecule has 1 heterocycles. The van der Waals surface area contributed by atoms with E-state index in [-0.39, 0.29) is 0 Å². The Morgan fingerprint density at radius 3 is 2.93 bits per heavy atom. The summed E-state index contributed by atoms with van der Waals surface area (Å²) in [6.07, 6.45) is 1.82. The lowest BCUT2D eigenvalue weighted by Crippen LogP contribution is -2.02. The van der Waals surface area contributed by atoms with Crippen LogP contribution in [0.25, 0.3) is 0 Å². The molecule has 0 N–H and O–H groups in total. The minimum atomic E-state index is 0.491. The summed E-state index contributed by atoms with van der Waals surface area (Å²) < 4.78 is 10.4. The van der Waals surface area contributed by atoms with Crippen LogP contribution in [0.15, 0.2) is 5.38 Å². The number of hydrogen-bond acceptors (Lipinski definition) is 4. The number of thiazole rings is 1. The van der Waals surface area contributed by atoms with Crippen LogP contribution >= 0.6 is 22.9 Å². The van der Waals surface area contributed by atoms with Gasteiger partial charge in [-0.05, 0) is 6.42 Å². The van der Waals surface area contributed by atoms with Gasteiger partial charge in [0.05, 0.1) is 23.2 Å². The summed E-state index contributed by atoms with van der Waals surface area (Å²) in [5.74, 6) is 0.491. The molecule has 3 nitrogen and oxygen atoms in total. The van der Waals surface area contributed by atoms with Crippen molar-refractivity contribution in [3.8, 4) is 0 Å². The van der Waals surface area contributed by atoms with E-state index >= 15 is 0 Å². The van der Waals surface area contributed by atoms with Gasteiger partial charge in [-0.2, -0.15) is 0 Å². The summed E-state index contributed by atoms with van der Waals surface area (Å²) in [7, 11) is 1.70. The van der Waals surface area contributed by atoms with Gasteiger partial charge < -0.3 is 9.47 Å². The fraction of sp³-hybridized carbons (Fsp3) is 0.700. The number of halogens is 1. The topological polar surface area (TPSA) is 31.4 Å². The zero-order valence-corrected chi connectivity index (χ0v) is 10.4. The Kier molecular flexibility index (Phi) is 6.92. The normalized spacial score (nSPS) is 10.8. The first-order valence-corrected chi connectivity index (χ1v) is 6.34. The molecule has 0 saturated heterocycles. The number of nitrogens with zero attached hydrogens (tertiary/aromatic N) is 1. The zero-order valence-electron chi connectivity index (χ0n) is 8.87. The number of methoxy groups -OCH3 is 1. The van der Waals surface area contributed by atoms with Crippen molar-refractivity contribution in [2.24, 2.45) is 0 Å². The molecule has 0 fully saturated rings. The van der Waals surface area contributed by atoms with Crippen molar-refractivity contribution in [2.45, 2.75) is 18.7 Å². The average Bonchev–Trinajstić information content (AvgIpc) is 2.71. The molecule has 0 amide bonds. The smallest absolute Gasteiger partial charge is 0.0951 e. The van der Waals surface area contributed by atoms with Crippen LogP contribution in [0.1, 0.15) is 17.1 Å². The lowest BCUT2D eigenvalue weighted by molar-refractivity contribution is 0.105. The molecule has 0 aliphatic rings. The maximum Gasteiger partial charge on any atom is 0.0951 e. The molecule has 0 aliphatic heterocycles. The fourth-order valence-electron chi connectivity index (χ4n) is 1.09. The summed E-state index contributed by atoms with van der Waals surface area (Å²) in [5.41, 5.74) is 0.955. The molecule has 0 bridgehead atoms. The Hall–Kier alpha value is -0.160. The molecule has 15 heavy (non-hydrogen) atoms.